The molecule has 0 spiro atoms. The summed E-state index contributed by atoms with van der Waals surface area (Å²) in [7, 11) is 0. The number of fused-ring (bicyclic) bond motifs is 2. The topological polar surface area (TPSA) is 54.5 Å². The molecule has 1 aliphatic rings. The van der Waals surface area contributed by atoms with Crippen LogP contribution >= 0.6 is 11.6 Å². The van der Waals surface area contributed by atoms with Crippen LogP contribution in [0.15, 0.2) is 18.2 Å². The van der Waals surface area contributed by atoms with Crippen molar-refractivity contribution in [3.63, 3.8) is 0 Å². The van der Waals surface area contributed by atoms with Crippen LogP contribution in [-0.2, 0) is 12.8 Å². The second-order valence-corrected chi connectivity index (χ2v) is 8.13. The molecule has 5 nitrogen and oxygen atoms in total. The maximum absolute atomic E-state index is 12.2. The van der Waals surface area contributed by atoms with E-state index < -0.39 is 6.09 Å². The zero-order valence-corrected chi connectivity index (χ0v) is 18.4. The highest BCUT2D eigenvalue weighted by Crippen LogP contribution is 2.34. The van der Waals surface area contributed by atoms with Crippen molar-refractivity contribution in [2.45, 2.75) is 58.8 Å². The molecule has 158 valence electrons. The fourth-order valence-corrected chi connectivity index (χ4v) is 4.38. The first-order valence-corrected chi connectivity index (χ1v) is 11.3. The lowest BCUT2D eigenvalue weighted by atomic mass is 9.94. The highest BCUT2D eigenvalue weighted by molar-refractivity contribution is 6.36. The SMILES string of the molecule is CCCN(CCC)CCCNC(=O)Oc1ccc2c(Cl)c3c(nc2c1)CCCC3. The van der Waals surface area contributed by atoms with Crippen LogP contribution in [0.5, 0.6) is 5.75 Å². The van der Waals surface area contributed by atoms with Gasteiger partial charge in [-0.2, -0.15) is 0 Å². The maximum atomic E-state index is 12.2. The van der Waals surface area contributed by atoms with Crippen LogP contribution in [0, 0.1) is 0 Å². The summed E-state index contributed by atoms with van der Waals surface area (Å²) in [5.74, 6) is 0.493. The van der Waals surface area contributed by atoms with Gasteiger partial charge < -0.3 is 15.0 Å². The van der Waals surface area contributed by atoms with Gasteiger partial charge in [0.05, 0.1) is 10.5 Å². The molecule has 0 unspecified atom stereocenters. The quantitative estimate of drug-likeness (QED) is 0.557. The van der Waals surface area contributed by atoms with E-state index in [1.807, 2.05) is 6.07 Å². The summed E-state index contributed by atoms with van der Waals surface area (Å²) < 4.78 is 5.46. The number of aromatic nitrogens is 1. The molecule has 0 bridgehead atoms. The predicted octanol–water partition coefficient (Wildman–Crippen LogP) is 5.37. The zero-order chi connectivity index (χ0) is 20.6. The molecule has 6 heteroatoms. The average Bonchev–Trinajstić information content (AvgIpc) is 2.71. The molecule has 3 rings (SSSR count). The summed E-state index contributed by atoms with van der Waals surface area (Å²) in [6.07, 6.45) is 7.05. The number of nitrogens with one attached hydrogen (secondary N) is 1. The van der Waals surface area contributed by atoms with Crippen molar-refractivity contribution in [2.75, 3.05) is 26.2 Å². The third-order valence-corrected chi connectivity index (χ3v) is 5.81. The van der Waals surface area contributed by atoms with Crippen molar-refractivity contribution in [1.29, 1.82) is 0 Å². The van der Waals surface area contributed by atoms with Gasteiger partial charge in [-0.1, -0.05) is 25.4 Å². The van der Waals surface area contributed by atoms with Gasteiger partial charge in [0.2, 0.25) is 0 Å². The number of rotatable bonds is 9. The number of pyridine rings is 1. The van der Waals surface area contributed by atoms with Crippen molar-refractivity contribution in [3.05, 3.63) is 34.5 Å². The van der Waals surface area contributed by atoms with Crippen LogP contribution in [-0.4, -0.2) is 42.2 Å². The smallest absolute Gasteiger partial charge is 0.410 e. The lowest BCUT2D eigenvalue weighted by molar-refractivity contribution is 0.199. The molecule has 1 amide bonds. The third kappa shape index (κ3) is 5.83. The minimum Gasteiger partial charge on any atom is -0.410 e. The summed E-state index contributed by atoms with van der Waals surface area (Å²) >= 11 is 6.61. The van der Waals surface area contributed by atoms with E-state index in [9.17, 15) is 4.79 Å². The molecule has 2 aromatic rings. The Bertz CT molecular complexity index is 834. The van der Waals surface area contributed by atoms with Gasteiger partial charge >= 0.3 is 6.09 Å². The Balaban J connectivity index is 1.55. The molecule has 0 fully saturated rings. The molecule has 0 atom stereocenters. The number of aryl methyl sites for hydroxylation is 1. The normalized spacial score (nSPS) is 13.5. The van der Waals surface area contributed by atoms with Crippen molar-refractivity contribution < 1.29 is 9.53 Å². The number of nitrogens with zero attached hydrogens (tertiary/aromatic N) is 2. The van der Waals surface area contributed by atoms with E-state index >= 15 is 0 Å². The van der Waals surface area contributed by atoms with Gasteiger partial charge in [0.15, 0.2) is 0 Å². The van der Waals surface area contributed by atoms with Crippen LogP contribution in [0.3, 0.4) is 0 Å². The van der Waals surface area contributed by atoms with Gasteiger partial charge in [-0.05, 0) is 82.3 Å². The lowest BCUT2D eigenvalue weighted by Gasteiger charge is -2.20. The molecule has 1 N–H and O–H groups in total. The van der Waals surface area contributed by atoms with Crippen molar-refractivity contribution in [2.24, 2.45) is 0 Å². The second-order valence-electron chi connectivity index (χ2n) is 7.75. The van der Waals surface area contributed by atoms with Crippen molar-refractivity contribution >= 4 is 28.6 Å². The van der Waals surface area contributed by atoms with E-state index in [2.05, 4.69) is 24.1 Å². The van der Waals surface area contributed by atoms with E-state index in [-0.39, 0.29) is 0 Å². The summed E-state index contributed by atoms with van der Waals surface area (Å²) in [4.78, 5) is 19.4. The molecule has 0 aliphatic heterocycles. The number of carbonyl (C=O) groups excluding carboxylic acids is 1. The zero-order valence-electron chi connectivity index (χ0n) is 17.6. The van der Waals surface area contributed by atoms with Crippen LogP contribution in [0.2, 0.25) is 5.02 Å². The monoisotopic (exact) mass is 417 g/mol. The van der Waals surface area contributed by atoms with E-state index in [1.165, 1.54) is 5.56 Å². The Labute approximate surface area is 178 Å². The Morgan fingerprint density at radius 2 is 1.93 bits per heavy atom. The van der Waals surface area contributed by atoms with E-state index in [0.29, 0.717) is 12.3 Å². The molecule has 1 aliphatic carbocycles. The fourth-order valence-electron chi connectivity index (χ4n) is 4.01. The standard InChI is InChI=1S/C23H32ClN3O2/c1-3-13-27(14-4-2)15-7-12-25-23(28)29-17-10-11-19-21(16-17)26-20-9-6-5-8-18(20)22(19)24/h10-11,16H,3-9,12-15H2,1-2H3,(H,25,28). The molecule has 1 heterocycles. The number of carbonyl (C=O) groups is 1. The van der Waals surface area contributed by atoms with Crippen LogP contribution in [0.25, 0.3) is 10.9 Å². The first kappa shape index (κ1) is 21.8. The number of benzene rings is 1. The number of ether oxygens (including phenoxy) is 1. The molecular weight excluding hydrogens is 386 g/mol. The number of halogens is 1. The fraction of sp³-hybridized carbons (Fsp3) is 0.565. The largest absolute Gasteiger partial charge is 0.412 e. The summed E-state index contributed by atoms with van der Waals surface area (Å²) in [6.45, 7) is 8.20. The van der Waals surface area contributed by atoms with Gasteiger partial charge in [-0.25, -0.2) is 4.79 Å². The van der Waals surface area contributed by atoms with E-state index in [0.717, 1.165) is 86.2 Å². The minimum absolute atomic E-state index is 0.425. The molecule has 0 saturated heterocycles. The Kier molecular flexibility index (Phi) is 8.13. The van der Waals surface area contributed by atoms with Gasteiger partial charge in [0, 0.05) is 23.7 Å². The Morgan fingerprint density at radius 1 is 1.17 bits per heavy atom. The summed E-state index contributed by atoms with van der Waals surface area (Å²) in [6, 6.07) is 5.49. The molecule has 0 saturated carbocycles. The molecular formula is C23H32ClN3O2. The third-order valence-electron chi connectivity index (χ3n) is 5.38. The maximum Gasteiger partial charge on any atom is 0.412 e. The second kappa shape index (κ2) is 10.8. The van der Waals surface area contributed by atoms with Gasteiger partial charge in [-0.3, -0.25) is 4.98 Å². The first-order valence-electron chi connectivity index (χ1n) is 10.9. The summed E-state index contributed by atoms with van der Waals surface area (Å²) in [5.41, 5.74) is 3.05. The number of hydrogen-bond donors (Lipinski definition) is 1. The number of hydrogen-bond acceptors (Lipinski definition) is 4. The van der Waals surface area contributed by atoms with Gasteiger partial charge in [0.1, 0.15) is 5.75 Å². The lowest BCUT2D eigenvalue weighted by Crippen LogP contribution is -2.32. The highest BCUT2D eigenvalue weighted by Gasteiger charge is 2.17. The van der Waals surface area contributed by atoms with Crippen LogP contribution in [0.4, 0.5) is 4.79 Å². The van der Waals surface area contributed by atoms with E-state index in [1.54, 1.807) is 12.1 Å². The highest BCUT2D eigenvalue weighted by atomic mass is 35.5. The Hall–Kier alpha value is -1.85. The Morgan fingerprint density at radius 3 is 2.69 bits per heavy atom. The minimum atomic E-state index is -0.425. The molecule has 1 aromatic carbocycles. The van der Waals surface area contributed by atoms with E-state index in [4.69, 9.17) is 21.3 Å². The average molecular weight is 418 g/mol. The van der Waals surface area contributed by atoms with Gasteiger partial charge in [-0.15, -0.1) is 0 Å². The molecule has 1 aromatic heterocycles. The molecule has 29 heavy (non-hydrogen) atoms. The van der Waals surface area contributed by atoms with Crippen molar-refractivity contribution in [1.82, 2.24) is 15.2 Å². The molecule has 0 radical (unpaired) electrons. The van der Waals surface area contributed by atoms with Crippen LogP contribution in [0.1, 0.15) is 57.2 Å². The number of amides is 1. The summed E-state index contributed by atoms with van der Waals surface area (Å²) in [5, 5.41) is 4.56. The van der Waals surface area contributed by atoms with Gasteiger partial charge in [0.25, 0.3) is 0 Å². The predicted molar refractivity (Wildman–Crippen MR) is 119 cm³/mol. The van der Waals surface area contributed by atoms with Crippen molar-refractivity contribution in [3.8, 4) is 5.75 Å². The first-order chi connectivity index (χ1) is 14.1. The van der Waals surface area contributed by atoms with Crippen LogP contribution < -0.4 is 10.1 Å².